The van der Waals surface area contributed by atoms with E-state index in [0.29, 0.717) is 12.3 Å². The Hall–Kier alpha value is -0.870. The van der Waals surface area contributed by atoms with Gasteiger partial charge in [-0.25, -0.2) is 0 Å². The van der Waals surface area contributed by atoms with Crippen molar-refractivity contribution < 1.29 is 4.79 Å². The van der Waals surface area contributed by atoms with Crippen LogP contribution in [-0.2, 0) is 11.2 Å². The number of thiophene rings is 1. The van der Waals surface area contributed by atoms with Gasteiger partial charge in [0.2, 0.25) is 5.91 Å². The van der Waals surface area contributed by atoms with E-state index in [2.05, 4.69) is 10.6 Å². The normalized spacial score (nSPS) is 20.6. The Morgan fingerprint density at radius 2 is 2.56 bits per heavy atom. The lowest BCUT2D eigenvalue weighted by molar-refractivity contribution is -0.120. The van der Waals surface area contributed by atoms with Crippen molar-refractivity contribution in [1.29, 1.82) is 0 Å². The van der Waals surface area contributed by atoms with Crippen molar-refractivity contribution >= 4 is 17.2 Å². The fraction of sp³-hybridized carbons (Fsp3) is 0.583. The minimum atomic E-state index is 0.146. The molecule has 0 saturated carbocycles. The van der Waals surface area contributed by atoms with Gasteiger partial charge in [-0.3, -0.25) is 4.79 Å². The highest BCUT2D eigenvalue weighted by Gasteiger charge is 2.13. The molecule has 1 saturated heterocycles. The Morgan fingerprint density at radius 3 is 3.25 bits per heavy atom. The first-order valence-corrected chi connectivity index (χ1v) is 6.72. The predicted octanol–water partition coefficient (Wildman–Crippen LogP) is 1.41. The van der Waals surface area contributed by atoms with Crippen molar-refractivity contribution in [3.05, 3.63) is 22.4 Å². The maximum absolute atomic E-state index is 11.6. The number of rotatable bonds is 4. The van der Waals surface area contributed by atoms with E-state index in [1.807, 2.05) is 17.5 Å². The number of carbonyl (C=O) groups excluding carboxylic acids is 1. The van der Waals surface area contributed by atoms with Crippen molar-refractivity contribution in [3.8, 4) is 0 Å². The van der Waals surface area contributed by atoms with Crippen LogP contribution in [-0.4, -0.2) is 25.5 Å². The second-order valence-corrected chi connectivity index (χ2v) is 5.30. The molecule has 2 rings (SSSR count). The van der Waals surface area contributed by atoms with Gasteiger partial charge in [0.15, 0.2) is 0 Å². The van der Waals surface area contributed by atoms with Crippen LogP contribution < -0.4 is 10.6 Å². The Labute approximate surface area is 100 Å². The van der Waals surface area contributed by atoms with Crippen LogP contribution in [0.5, 0.6) is 0 Å². The first kappa shape index (κ1) is 11.6. The number of hydrogen-bond donors (Lipinski definition) is 2. The van der Waals surface area contributed by atoms with Crippen molar-refractivity contribution in [2.45, 2.75) is 19.3 Å². The summed E-state index contributed by atoms with van der Waals surface area (Å²) < 4.78 is 0. The van der Waals surface area contributed by atoms with Crippen LogP contribution in [0.4, 0.5) is 0 Å². The van der Waals surface area contributed by atoms with Gasteiger partial charge in [-0.15, -0.1) is 11.3 Å². The quantitative estimate of drug-likeness (QED) is 0.832. The summed E-state index contributed by atoms with van der Waals surface area (Å²) in [5.41, 5.74) is 0. The molecule has 1 amide bonds. The average molecular weight is 238 g/mol. The molecule has 0 aliphatic carbocycles. The van der Waals surface area contributed by atoms with E-state index in [-0.39, 0.29) is 5.91 Å². The molecule has 1 aliphatic heterocycles. The molecule has 0 spiro atoms. The van der Waals surface area contributed by atoms with E-state index >= 15 is 0 Å². The zero-order valence-corrected chi connectivity index (χ0v) is 10.2. The van der Waals surface area contributed by atoms with Crippen LogP contribution >= 0.6 is 11.3 Å². The van der Waals surface area contributed by atoms with Crippen LogP contribution in [0.1, 0.15) is 17.7 Å². The van der Waals surface area contributed by atoms with Gasteiger partial charge >= 0.3 is 0 Å². The predicted molar refractivity (Wildman–Crippen MR) is 66.6 cm³/mol. The highest BCUT2D eigenvalue weighted by molar-refractivity contribution is 7.10. The van der Waals surface area contributed by atoms with Crippen LogP contribution in [0.25, 0.3) is 0 Å². The molecule has 88 valence electrons. The van der Waals surface area contributed by atoms with Gasteiger partial charge in [0, 0.05) is 11.4 Å². The number of hydrogen-bond acceptors (Lipinski definition) is 3. The molecule has 0 aromatic carbocycles. The van der Waals surface area contributed by atoms with Crippen LogP contribution in [0.3, 0.4) is 0 Å². The van der Waals surface area contributed by atoms with Crippen LogP contribution in [0.15, 0.2) is 17.5 Å². The fourth-order valence-corrected chi connectivity index (χ4v) is 2.69. The van der Waals surface area contributed by atoms with Crippen molar-refractivity contribution in [2.75, 3.05) is 19.6 Å². The minimum Gasteiger partial charge on any atom is -0.355 e. The number of piperidine rings is 1. The zero-order valence-electron chi connectivity index (χ0n) is 9.37. The molecule has 2 heterocycles. The largest absolute Gasteiger partial charge is 0.355 e. The number of carbonyl (C=O) groups is 1. The van der Waals surface area contributed by atoms with Gasteiger partial charge in [0.25, 0.3) is 0 Å². The monoisotopic (exact) mass is 238 g/mol. The molecule has 1 aliphatic rings. The molecule has 1 fully saturated rings. The summed E-state index contributed by atoms with van der Waals surface area (Å²) in [4.78, 5) is 12.8. The third-order valence-corrected chi connectivity index (χ3v) is 3.78. The summed E-state index contributed by atoms with van der Waals surface area (Å²) in [6.07, 6.45) is 2.98. The van der Waals surface area contributed by atoms with Gasteiger partial charge in [-0.1, -0.05) is 6.07 Å². The van der Waals surface area contributed by atoms with Crippen molar-refractivity contribution in [3.63, 3.8) is 0 Å². The molecule has 0 radical (unpaired) electrons. The van der Waals surface area contributed by atoms with Gasteiger partial charge in [0.1, 0.15) is 0 Å². The molecule has 1 atom stereocenters. The molecular weight excluding hydrogens is 220 g/mol. The first-order chi connectivity index (χ1) is 7.84. The lowest BCUT2D eigenvalue weighted by Crippen LogP contribution is -2.38. The highest BCUT2D eigenvalue weighted by atomic mass is 32.1. The second-order valence-electron chi connectivity index (χ2n) is 4.27. The van der Waals surface area contributed by atoms with E-state index in [0.717, 1.165) is 24.5 Å². The third kappa shape index (κ3) is 3.61. The van der Waals surface area contributed by atoms with E-state index in [1.54, 1.807) is 11.3 Å². The van der Waals surface area contributed by atoms with Gasteiger partial charge in [0.05, 0.1) is 6.42 Å². The van der Waals surface area contributed by atoms with E-state index in [9.17, 15) is 4.79 Å². The molecular formula is C12H18N2OS. The van der Waals surface area contributed by atoms with Crippen LogP contribution in [0, 0.1) is 5.92 Å². The zero-order chi connectivity index (χ0) is 11.2. The Kier molecular flexibility index (Phi) is 4.36. The Balaban J connectivity index is 1.67. The van der Waals surface area contributed by atoms with Crippen molar-refractivity contribution in [1.82, 2.24) is 10.6 Å². The summed E-state index contributed by atoms with van der Waals surface area (Å²) in [6.45, 7) is 2.98. The Morgan fingerprint density at radius 1 is 1.62 bits per heavy atom. The van der Waals surface area contributed by atoms with Gasteiger partial charge in [-0.05, 0) is 43.3 Å². The molecule has 3 nitrogen and oxygen atoms in total. The lowest BCUT2D eigenvalue weighted by atomic mass is 10.00. The van der Waals surface area contributed by atoms with E-state index < -0.39 is 0 Å². The topological polar surface area (TPSA) is 41.1 Å². The maximum atomic E-state index is 11.6. The summed E-state index contributed by atoms with van der Waals surface area (Å²) in [5, 5.41) is 8.38. The van der Waals surface area contributed by atoms with E-state index in [1.165, 1.54) is 12.8 Å². The van der Waals surface area contributed by atoms with Gasteiger partial charge in [-0.2, -0.15) is 0 Å². The SMILES string of the molecule is O=C(Cc1cccs1)NC[C@@H]1CCCNC1. The molecule has 0 bridgehead atoms. The Bertz CT molecular complexity index is 318. The maximum Gasteiger partial charge on any atom is 0.225 e. The number of amides is 1. The molecule has 16 heavy (non-hydrogen) atoms. The second kappa shape index (κ2) is 6.01. The molecule has 0 unspecified atom stereocenters. The molecule has 2 N–H and O–H groups in total. The smallest absolute Gasteiger partial charge is 0.225 e. The van der Waals surface area contributed by atoms with Gasteiger partial charge < -0.3 is 10.6 Å². The summed E-state index contributed by atoms with van der Waals surface area (Å²) in [5.74, 6) is 0.758. The third-order valence-electron chi connectivity index (χ3n) is 2.90. The molecule has 1 aromatic heterocycles. The van der Waals surface area contributed by atoms with E-state index in [4.69, 9.17) is 0 Å². The summed E-state index contributed by atoms with van der Waals surface area (Å²) >= 11 is 1.64. The highest BCUT2D eigenvalue weighted by Crippen LogP contribution is 2.10. The summed E-state index contributed by atoms with van der Waals surface area (Å²) in [6, 6.07) is 3.99. The van der Waals surface area contributed by atoms with Crippen LogP contribution in [0.2, 0.25) is 0 Å². The fourth-order valence-electron chi connectivity index (χ4n) is 1.99. The average Bonchev–Trinajstić information content (AvgIpc) is 2.81. The first-order valence-electron chi connectivity index (χ1n) is 5.84. The standard InChI is InChI=1S/C12H18N2OS/c15-12(7-11-4-2-6-16-11)14-9-10-3-1-5-13-8-10/h2,4,6,10,13H,1,3,5,7-9H2,(H,14,15)/t10-/m1/s1. The minimum absolute atomic E-state index is 0.146. The van der Waals surface area contributed by atoms with Crippen molar-refractivity contribution in [2.24, 2.45) is 5.92 Å². The molecule has 1 aromatic rings. The lowest BCUT2D eigenvalue weighted by Gasteiger charge is -2.22. The molecule has 4 heteroatoms. The summed E-state index contributed by atoms with van der Waals surface area (Å²) in [7, 11) is 0. The number of nitrogens with one attached hydrogen (secondary N) is 2.